The van der Waals surface area contributed by atoms with Crippen molar-refractivity contribution in [2.45, 2.75) is 32.2 Å². The lowest BCUT2D eigenvalue weighted by Crippen LogP contribution is -2.43. The van der Waals surface area contributed by atoms with Crippen LogP contribution in [0.4, 0.5) is 14.5 Å². The molecule has 1 aliphatic heterocycles. The summed E-state index contributed by atoms with van der Waals surface area (Å²) in [4.78, 5) is 33.5. The van der Waals surface area contributed by atoms with Gasteiger partial charge in [-0.3, -0.25) is 9.78 Å². The van der Waals surface area contributed by atoms with Crippen molar-refractivity contribution in [3.8, 4) is 11.5 Å². The van der Waals surface area contributed by atoms with Crippen LogP contribution in [0.3, 0.4) is 0 Å². The maximum Gasteiger partial charge on any atom is 0.314 e. The minimum atomic E-state index is -2.85. The van der Waals surface area contributed by atoms with Gasteiger partial charge in [-0.2, -0.15) is 8.78 Å². The molecule has 11 heteroatoms. The molecule has 0 unspecified atom stereocenters. The third kappa shape index (κ3) is 5.40. The second kappa shape index (κ2) is 10.5. The number of nitrogens with one attached hydrogen (secondary N) is 1. The Hall–Kier alpha value is -3.73. The van der Waals surface area contributed by atoms with E-state index in [1.54, 1.807) is 33.0 Å². The van der Waals surface area contributed by atoms with E-state index in [9.17, 15) is 18.4 Å². The second-order valence-electron chi connectivity index (χ2n) is 9.25. The zero-order valence-electron chi connectivity index (χ0n) is 20.4. The summed E-state index contributed by atoms with van der Waals surface area (Å²) in [5.74, 6) is -1.04. The van der Waals surface area contributed by atoms with Crippen molar-refractivity contribution in [1.29, 1.82) is 0 Å². The molecular weight excluding hydrogens is 470 g/mol. The van der Waals surface area contributed by atoms with Gasteiger partial charge in [-0.25, -0.2) is 0 Å². The van der Waals surface area contributed by atoms with Gasteiger partial charge in [-0.05, 0) is 43.7 Å². The first-order valence-electron chi connectivity index (χ1n) is 11.6. The number of pyridine rings is 1. The molecule has 1 amide bonds. The number of anilines is 1. The summed E-state index contributed by atoms with van der Waals surface area (Å²) in [5.41, 5.74) is 2.19. The average Bonchev–Trinajstić information content (AvgIpc) is 3.40. The lowest BCUT2D eigenvalue weighted by molar-refractivity contribution is -0.111. The summed E-state index contributed by atoms with van der Waals surface area (Å²) in [6.07, 6.45) is -0.569. The van der Waals surface area contributed by atoms with Gasteiger partial charge in [-0.15, -0.1) is 10.2 Å². The minimum absolute atomic E-state index is 0.0563. The van der Waals surface area contributed by atoms with Gasteiger partial charge in [0.25, 0.3) is 11.8 Å². The molecule has 0 bridgehead atoms. The van der Waals surface area contributed by atoms with Crippen LogP contribution < -0.4 is 10.2 Å². The molecule has 1 aliphatic rings. The molecule has 9 nitrogen and oxygen atoms in total. The summed E-state index contributed by atoms with van der Waals surface area (Å²) in [6, 6.07) is 8.96. The van der Waals surface area contributed by atoms with E-state index >= 15 is 0 Å². The van der Waals surface area contributed by atoms with Gasteiger partial charge in [0.1, 0.15) is 6.29 Å². The van der Waals surface area contributed by atoms with Crippen LogP contribution in [-0.4, -0.2) is 65.5 Å². The monoisotopic (exact) mass is 498 g/mol. The fourth-order valence-electron chi connectivity index (χ4n) is 4.06. The number of carbonyl (C=O) groups excluding carboxylic acids is 2. The van der Waals surface area contributed by atoms with E-state index in [4.69, 9.17) is 4.42 Å². The van der Waals surface area contributed by atoms with Gasteiger partial charge in [-0.1, -0.05) is 6.07 Å². The number of amides is 1. The lowest BCUT2D eigenvalue weighted by Gasteiger charge is -2.31. The third-order valence-corrected chi connectivity index (χ3v) is 6.15. The predicted octanol–water partition coefficient (Wildman–Crippen LogP) is 3.23. The number of hydrogen-bond donors (Lipinski definition) is 1. The molecule has 3 aromatic rings. The van der Waals surface area contributed by atoms with Gasteiger partial charge in [0, 0.05) is 56.1 Å². The SMILES string of the molecule is CN(Cc1ccc(-c2nnc(C(F)F)o2)cn1)C(=O)c1cc(N2CCNCC2)ccc1C(C)(C)C=O. The number of hydrogen-bond acceptors (Lipinski definition) is 8. The van der Waals surface area contributed by atoms with Crippen molar-refractivity contribution < 1.29 is 22.8 Å². The molecule has 190 valence electrons. The number of aldehydes is 1. The number of piperazine rings is 1. The fourth-order valence-corrected chi connectivity index (χ4v) is 4.06. The van der Waals surface area contributed by atoms with Crippen molar-refractivity contribution >= 4 is 17.9 Å². The molecular formula is C25H28F2N6O3. The van der Waals surface area contributed by atoms with E-state index in [0.717, 1.165) is 38.2 Å². The van der Waals surface area contributed by atoms with E-state index in [2.05, 4.69) is 25.4 Å². The van der Waals surface area contributed by atoms with Crippen LogP contribution in [0, 0.1) is 0 Å². The number of aromatic nitrogens is 3. The van der Waals surface area contributed by atoms with E-state index in [-0.39, 0.29) is 18.3 Å². The minimum Gasteiger partial charge on any atom is -0.415 e. The molecule has 0 radical (unpaired) electrons. The number of rotatable bonds is 8. The van der Waals surface area contributed by atoms with Crippen LogP contribution in [-0.2, 0) is 16.8 Å². The first-order valence-corrected chi connectivity index (χ1v) is 11.6. The quantitative estimate of drug-likeness (QED) is 0.472. The molecule has 36 heavy (non-hydrogen) atoms. The van der Waals surface area contributed by atoms with Crippen molar-refractivity contribution in [1.82, 2.24) is 25.4 Å². The fraction of sp³-hybridized carbons (Fsp3) is 0.400. The van der Waals surface area contributed by atoms with E-state index in [1.165, 1.54) is 11.1 Å². The Morgan fingerprint density at radius 2 is 1.97 bits per heavy atom. The van der Waals surface area contributed by atoms with Crippen LogP contribution >= 0.6 is 0 Å². The molecule has 1 aromatic carbocycles. The van der Waals surface area contributed by atoms with E-state index < -0.39 is 17.7 Å². The smallest absolute Gasteiger partial charge is 0.314 e. The molecule has 0 spiro atoms. The van der Waals surface area contributed by atoms with Crippen LogP contribution in [0.5, 0.6) is 0 Å². The Kier molecular flexibility index (Phi) is 7.39. The molecule has 1 fully saturated rings. The predicted molar refractivity (Wildman–Crippen MR) is 129 cm³/mol. The van der Waals surface area contributed by atoms with E-state index in [0.29, 0.717) is 22.4 Å². The van der Waals surface area contributed by atoms with Crippen LogP contribution in [0.25, 0.3) is 11.5 Å². The van der Waals surface area contributed by atoms with Gasteiger partial charge in [0.05, 0.1) is 17.8 Å². The summed E-state index contributed by atoms with van der Waals surface area (Å²) < 4.78 is 30.4. The van der Waals surface area contributed by atoms with Crippen molar-refractivity contribution in [3.05, 3.63) is 59.2 Å². The Labute approximate surface area is 207 Å². The second-order valence-corrected chi connectivity index (χ2v) is 9.25. The number of carbonyl (C=O) groups is 2. The Morgan fingerprint density at radius 3 is 2.58 bits per heavy atom. The Morgan fingerprint density at radius 1 is 1.22 bits per heavy atom. The number of nitrogens with zero attached hydrogens (tertiary/aromatic N) is 5. The van der Waals surface area contributed by atoms with Crippen LogP contribution in [0.1, 0.15) is 47.8 Å². The molecule has 4 rings (SSSR count). The molecule has 0 aliphatic carbocycles. The Balaban J connectivity index is 1.55. The molecule has 2 aromatic heterocycles. The molecule has 1 saturated heterocycles. The zero-order chi connectivity index (χ0) is 25.9. The molecule has 0 saturated carbocycles. The highest BCUT2D eigenvalue weighted by Gasteiger charge is 2.28. The van der Waals surface area contributed by atoms with Crippen molar-refractivity contribution in [3.63, 3.8) is 0 Å². The highest BCUT2D eigenvalue weighted by molar-refractivity contribution is 5.98. The zero-order valence-corrected chi connectivity index (χ0v) is 20.4. The normalized spacial score (nSPS) is 14.2. The van der Waals surface area contributed by atoms with Gasteiger partial charge in [0.2, 0.25) is 5.89 Å². The summed E-state index contributed by atoms with van der Waals surface area (Å²) >= 11 is 0. The average molecular weight is 499 g/mol. The third-order valence-electron chi connectivity index (χ3n) is 6.15. The molecule has 1 N–H and O–H groups in total. The Bertz CT molecular complexity index is 1220. The van der Waals surface area contributed by atoms with Crippen LogP contribution in [0.2, 0.25) is 0 Å². The largest absolute Gasteiger partial charge is 0.415 e. The summed E-state index contributed by atoms with van der Waals surface area (Å²) in [7, 11) is 1.67. The van der Waals surface area contributed by atoms with Crippen molar-refractivity contribution in [2.24, 2.45) is 0 Å². The number of benzene rings is 1. The van der Waals surface area contributed by atoms with Crippen molar-refractivity contribution in [2.75, 3.05) is 38.1 Å². The summed E-state index contributed by atoms with van der Waals surface area (Å²) in [6.45, 7) is 7.15. The maximum absolute atomic E-state index is 13.6. The highest BCUT2D eigenvalue weighted by Crippen LogP contribution is 2.30. The number of halogens is 2. The number of alkyl halides is 2. The van der Waals surface area contributed by atoms with E-state index in [1.807, 2.05) is 18.2 Å². The topological polar surface area (TPSA) is 104 Å². The first-order chi connectivity index (χ1) is 17.2. The highest BCUT2D eigenvalue weighted by atomic mass is 19.3. The standard InChI is InChI=1S/C25H28F2N6O3/c1-25(2,15-34)20-7-6-18(33-10-8-28-9-11-33)12-19(20)24(35)32(3)14-17-5-4-16(13-29-17)22-30-31-23(36-22)21(26)27/h4-7,12-13,15,21,28H,8-11,14H2,1-3H3. The van der Waals surface area contributed by atoms with Gasteiger partial charge >= 0.3 is 6.43 Å². The molecule has 0 atom stereocenters. The molecule has 3 heterocycles. The summed E-state index contributed by atoms with van der Waals surface area (Å²) in [5, 5.41) is 10.2. The first kappa shape index (κ1) is 25.4. The maximum atomic E-state index is 13.6. The van der Waals surface area contributed by atoms with Gasteiger partial charge in [0.15, 0.2) is 0 Å². The van der Waals surface area contributed by atoms with Gasteiger partial charge < -0.3 is 24.3 Å². The lowest BCUT2D eigenvalue weighted by atomic mass is 9.82. The van der Waals surface area contributed by atoms with Crippen LogP contribution in [0.15, 0.2) is 40.9 Å².